The lowest BCUT2D eigenvalue weighted by molar-refractivity contribution is -0.0424. The maximum absolute atomic E-state index is 10.7. The van der Waals surface area contributed by atoms with Gasteiger partial charge in [-0.3, -0.25) is 9.09 Å². The quantitative estimate of drug-likeness (QED) is 0.148. The number of ether oxygens (including phenoxy) is 1. The van der Waals surface area contributed by atoms with Crippen LogP contribution in [0.1, 0.15) is 12.6 Å². The molecule has 0 unspecified atom stereocenters. The molecule has 0 bridgehead atoms. The number of nitrogen functional groups attached to an aromatic ring is 1. The smallest absolute Gasteiger partial charge is 0.490 e. The molecule has 1 saturated heterocycles. The van der Waals surface area contributed by atoms with Crippen LogP contribution in [0.2, 0.25) is 0 Å². The summed E-state index contributed by atoms with van der Waals surface area (Å²) in [6.45, 7) is -0.475. The van der Waals surface area contributed by atoms with Crippen LogP contribution in [-0.4, -0.2) is 82.8 Å². The monoisotopic (exact) mass is 605 g/mol. The SMILES string of the molecule is Nc1nc(O)c2ncn([C@H]3C[C@H](O)[C@@H](COP(=O)(O)O)O3)c2n1.O=P(O)(O)OP(=O)(O)OP(=O)(O)O. The number of aromatic nitrogens is 4. The summed E-state index contributed by atoms with van der Waals surface area (Å²) in [6, 6.07) is 0. The first-order valence-electron chi connectivity index (χ1n) is 8.75. The van der Waals surface area contributed by atoms with E-state index in [2.05, 4.69) is 28.1 Å². The number of hydrogen-bond donors (Lipinski definition) is 10. The molecular weight excluding hydrogens is 586 g/mol. The third-order valence-corrected chi connectivity index (χ3v) is 7.60. The summed E-state index contributed by atoms with van der Waals surface area (Å²) in [5, 5.41) is 19.6. The number of aliphatic hydroxyl groups is 1. The lowest BCUT2D eigenvalue weighted by Crippen LogP contribution is -2.25. The van der Waals surface area contributed by atoms with Gasteiger partial charge in [-0.05, 0) is 0 Å². The van der Waals surface area contributed by atoms with Crippen molar-refractivity contribution >= 4 is 48.4 Å². The molecule has 2 aromatic rings. The van der Waals surface area contributed by atoms with E-state index in [1.165, 1.54) is 10.9 Å². The Morgan fingerprint density at radius 2 is 1.56 bits per heavy atom. The predicted molar refractivity (Wildman–Crippen MR) is 110 cm³/mol. The highest BCUT2D eigenvalue weighted by molar-refractivity contribution is 7.66. The zero-order valence-electron chi connectivity index (χ0n) is 17.2. The van der Waals surface area contributed by atoms with Crippen LogP contribution >= 0.6 is 31.3 Å². The molecule has 3 heterocycles. The highest BCUT2D eigenvalue weighted by Gasteiger charge is 2.39. The summed E-state index contributed by atoms with van der Waals surface area (Å²) in [5.41, 5.74) is 5.81. The number of rotatable bonds is 8. The number of anilines is 1. The zero-order chi connectivity index (χ0) is 27.7. The summed E-state index contributed by atoms with van der Waals surface area (Å²) in [6.07, 6.45) is -1.20. The van der Waals surface area contributed by atoms with Gasteiger partial charge >= 0.3 is 31.3 Å². The van der Waals surface area contributed by atoms with Crippen molar-refractivity contribution in [3.63, 3.8) is 0 Å². The number of nitrogens with two attached hydrogens (primary N) is 1. The first-order chi connectivity index (χ1) is 16.2. The molecule has 3 atom stereocenters. The van der Waals surface area contributed by atoms with E-state index in [4.69, 9.17) is 44.7 Å². The molecule has 26 heteroatoms. The third kappa shape index (κ3) is 9.81. The van der Waals surface area contributed by atoms with Gasteiger partial charge < -0.3 is 54.9 Å². The van der Waals surface area contributed by atoms with E-state index in [9.17, 15) is 28.5 Å². The number of aromatic hydroxyl groups is 1. The molecule has 1 aliphatic heterocycles. The molecule has 22 nitrogen and oxygen atoms in total. The molecular formula is C10H19N5O17P4. The van der Waals surface area contributed by atoms with Gasteiger partial charge in [0.2, 0.25) is 11.8 Å². The van der Waals surface area contributed by atoms with E-state index in [-0.39, 0.29) is 29.4 Å². The Hall–Kier alpha value is -1.41. The lowest BCUT2D eigenvalue weighted by Gasteiger charge is -2.16. The molecule has 0 aromatic carbocycles. The van der Waals surface area contributed by atoms with Gasteiger partial charge in [-0.1, -0.05) is 0 Å². The van der Waals surface area contributed by atoms with E-state index < -0.39 is 56.3 Å². The standard InChI is InChI=1S/C10H14N5O7P.H5O10P3/c11-10-13-8-7(9(17)14-10)12-3-15(8)6-1-4(16)5(22-6)2-21-23(18,19)20;1-11(2,3)9-13(7,8)10-12(4,5)6/h3-6,16H,1-2H2,(H2,18,19,20)(H3,11,13,14,17);(H,7,8)(H2,1,2,3)(H2,4,5,6)/t4-,5+,6+;/m0./s1. The van der Waals surface area contributed by atoms with Crippen LogP contribution in [-0.2, 0) is 36.1 Å². The fourth-order valence-electron chi connectivity index (χ4n) is 2.62. The first kappa shape index (κ1) is 30.8. The number of phosphoric ester groups is 1. The van der Waals surface area contributed by atoms with Crippen molar-refractivity contribution in [2.75, 3.05) is 12.3 Å². The maximum Gasteiger partial charge on any atom is 0.490 e. The molecule has 0 aliphatic carbocycles. The van der Waals surface area contributed by atoms with Crippen LogP contribution in [0.3, 0.4) is 0 Å². The van der Waals surface area contributed by atoms with Crippen LogP contribution in [0.25, 0.3) is 11.2 Å². The van der Waals surface area contributed by atoms with Crippen LogP contribution < -0.4 is 5.73 Å². The van der Waals surface area contributed by atoms with E-state index in [0.29, 0.717) is 0 Å². The Kier molecular flexibility index (Phi) is 9.53. The van der Waals surface area contributed by atoms with Gasteiger partial charge in [0.1, 0.15) is 12.3 Å². The number of aliphatic hydroxyl groups excluding tert-OH is 1. The normalized spacial score (nSPS) is 21.4. The number of phosphoric acid groups is 4. The summed E-state index contributed by atoms with van der Waals surface area (Å²) in [7, 11) is -20.8. The van der Waals surface area contributed by atoms with E-state index in [1.807, 2.05) is 0 Å². The minimum Gasteiger partial charge on any atom is -0.492 e. The van der Waals surface area contributed by atoms with Crippen molar-refractivity contribution in [1.82, 2.24) is 19.5 Å². The van der Waals surface area contributed by atoms with E-state index in [1.54, 1.807) is 0 Å². The molecule has 1 fully saturated rings. The van der Waals surface area contributed by atoms with Crippen molar-refractivity contribution in [2.45, 2.75) is 24.9 Å². The van der Waals surface area contributed by atoms with Crippen molar-refractivity contribution in [3.05, 3.63) is 6.33 Å². The summed E-state index contributed by atoms with van der Waals surface area (Å²) in [5.74, 6) is -0.539. The third-order valence-electron chi connectivity index (χ3n) is 3.76. The van der Waals surface area contributed by atoms with Gasteiger partial charge in [-0.15, -0.1) is 0 Å². The summed E-state index contributed by atoms with van der Waals surface area (Å²) in [4.78, 5) is 69.1. The van der Waals surface area contributed by atoms with Gasteiger partial charge in [-0.25, -0.2) is 23.2 Å². The number of hydrogen-bond acceptors (Lipinski definition) is 14. The molecule has 0 radical (unpaired) electrons. The topological polar surface area (TPSA) is 357 Å². The fourth-order valence-corrected chi connectivity index (χ4v) is 5.50. The van der Waals surface area contributed by atoms with Crippen molar-refractivity contribution in [2.24, 2.45) is 0 Å². The average Bonchev–Trinajstić information content (AvgIpc) is 3.19. The molecule has 206 valence electrons. The minimum atomic E-state index is -5.46. The fraction of sp³-hybridized carbons (Fsp3) is 0.500. The van der Waals surface area contributed by atoms with Gasteiger partial charge in [0.15, 0.2) is 11.2 Å². The molecule has 3 rings (SSSR count). The van der Waals surface area contributed by atoms with Crippen LogP contribution in [0.5, 0.6) is 5.88 Å². The van der Waals surface area contributed by atoms with Gasteiger partial charge in [0, 0.05) is 6.42 Å². The average molecular weight is 605 g/mol. The molecule has 0 spiro atoms. The first-order valence-corrected chi connectivity index (χ1v) is 14.8. The van der Waals surface area contributed by atoms with Gasteiger partial charge in [0.25, 0.3) is 0 Å². The zero-order valence-corrected chi connectivity index (χ0v) is 20.7. The second-order valence-corrected chi connectivity index (χ2v) is 12.0. The van der Waals surface area contributed by atoms with Crippen molar-refractivity contribution in [1.29, 1.82) is 0 Å². The second-order valence-electron chi connectivity index (χ2n) is 6.56. The Morgan fingerprint density at radius 1 is 1.00 bits per heavy atom. The molecule has 0 amide bonds. The lowest BCUT2D eigenvalue weighted by atomic mass is 10.2. The van der Waals surface area contributed by atoms with E-state index in [0.717, 1.165) is 0 Å². The molecule has 1 aliphatic rings. The molecule has 0 saturated carbocycles. The van der Waals surface area contributed by atoms with E-state index >= 15 is 0 Å². The second kappa shape index (κ2) is 11.1. The maximum atomic E-state index is 10.7. The number of fused-ring (bicyclic) bond motifs is 1. The van der Waals surface area contributed by atoms with Gasteiger partial charge in [0.05, 0.1) is 19.0 Å². The highest BCUT2D eigenvalue weighted by atomic mass is 31.3. The largest absolute Gasteiger partial charge is 0.492 e. The molecule has 2 aromatic heterocycles. The summed E-state index contributed by atoms with van der Waals surface area (Å²) < 4.78 is 58.4. The Labute approximate surface area is 198 Å². The van der Waals surface area contributed by atoms with Crippen molar-refractivity contribution in [3.8, 4) is 5.88 Å². The Morgan fingerprint density at radius 3 is 2.06 bits per heavy atom. The number of imidazole rings is 1. The Balaban J connectivity index is 0.000000302. The van der Waals surface area contributed by atoms with Crippen LogP contribution in [0.15, 0.2) is 6.33 Å². The molecule has 36 heavy (non-hydrogen) atoms. The highest BCUT2D eigenvalue weighted by Crippen LogP contribution is 2.64. The van der Waals surface area contributed by atoms with Crippen LogP contribution in [0, 0.1) is 0 Å². The van der Waals surface area contributed by atoms with Crippen molar-refractivity contribution < 1.29 is 80.6 Å². The minimum absolute atomic E-state index is 0.116. The summed E-state index contributed by atoms with van der Waals surface area (Å²) >= 11 is 0. The molecule has 11 N–H and O–H groups in total. The van der Waals surface area contributed by atoms with Gasteiger partial charge in [-0.2, -0.15) is 18.6 Å². The predicted octanol–water partition coefficient (Wildman–Crippen LogP) is -1.82. The van der Waals surface area contributed by atoms with Crippen LogP contribution in [0.4, 0.5) is 5.95 Å². The number of nitrogens with zero attached hydrogens (tertiary/aromatic N) is 4. The Bertz CT molecular complexity index is 1240.